The Balaban J connectivity index is 1.70. The zero-order chi connectivity index (χ0) is 23.2. The first-order valence-electron chi connectivity index (χ1n) is 9.08. The molecule has 1 aromatic carbocycles. The summed E-state index contributed by atoms with van der Waals surface area (Å²) >= 11 is 0. The van der Waals surface area contributed by atoms with E-state index in [1.54, 1.807) is 11.4 Å². The Morgan fingerprint density at radius 2 is 1.94 bits per heavy atom. The highest BCUT2D eigenvalue weighted by Crippen LogP contribution is 2.34. The molecule has 31 heavy (non-hydrogen) atoms. The molecule has 4 radical (unpaired) electrons. The van der Waals surface area contributed by atoms with Crippen LogP contribution < -0.4 is 5.32 Å². The average Bonchev–Trinajstić information content (AvgIpc) is 3.13. The van der Waals surface area contributed by atoms with Gasteiger partial charge in [0.25, 0.3) is 0 Å². The molecule has 1 fully saturated rings. The average molecular weight is 444 g/mol. The normalized spacial score (nSPS) is 20.3. The lowest BCUT2D eigenvalue weighted by molar-refractivity contribution is -0.213. The molecule has 164 valence electrons. The fourth-order valence-corrected chi connectivity index (χ4v) is 3.14. The van der Waals surface area contributed by atoms with Crippen molar-refractivity contribution >= 4 is 32.8 Å². The lowest BCUT2D eigenvalue weighted by atomic mass is 9.57. The first kappa shape index (κ1) is 23.3. The molecule has 2 atom stereocenters. The quantitative estimate of drug-likeness (QED) is 0.532. The maximum absolute atomic E-state index is 13.1. The zero-order valence-electron chi connectivity index (χ0n) is 16.1. The largest absolute Gasteiger partial charge is 0.414 e. The van der Waals surface area contributed by atoms with Gasteiger partial charge in [-0.3, -0.25) is 0 Å². The molecule has 1 aromatic heterocycles. The number of hydrogen-bond donors (Lipinski definition) is 2. The second-order valence-corrected chi connectivity index (χ2v) is 7.24. The summed E-state index contributed by atoms with van der Waals surface area (Å²) in [7, 11) is 11.2. The van der Waals surface area contributed by atoms with Crippen molar-refractivity contribution < 1.29 is 35.9 Å². The van der Waals surface area contributed by atoms with E-state index in [1.165, 1.54) is 12.1 Å². The number of benzene rings is 1. The molecule has 6 nitrogen and oxygen atoms in total. The molecule has 0 bridgehead atoms. The summed E-state index contributed by atoms with van der Waals surface area (Å²) in [5.74, 6) is 0.365. The summed E-state index contributed by atoms with van der Waals surface area (Å²) in [5, 5.41) is -0.754. The highest BCUT2D eigenvalue weighted by Gasteiger charge is 2.57. The van der Waals surface area contributed by atoms with Gasteiger partial charge < -0.3 is 19.9 Å². The van der Waals surface area contributed by atoms with Crippen molar-refractivity contribution in [1.29, 1.82) is 0 Å². The van der Waals surface area contributed by atoms with Crippen molar-refractivity contribution in [3.63, 3.8) is 0 Å². The van der Waals surface area contributed by atoms with Crippen LogP contribution in [0.15, 0.2) is 18.2 Å². The molecule has 14 heteroatoms. The number of fused-ring (bicyclic) bond motifs is 1. The second kappa shape index (κ2) is 7.95. The van der Waals surface area contributed by atoms with E-state index in [-0.39, 0.29) is 19.6 Å². The number of alkyl halides is 6. The minimum absolute atomic E-state index is 0.0843. The number of ether oxygens (including phenoxy) is 1. The van der Waals surface area contributed by atoms with E-state index in [0.29, 0.717) is 27.3 Å². The van der Waals surface area contributed by atoms with Crippen molar-refractivity contribution in [3.8, 4) is 0 Å². The molecule has 0 spiro atoms. The summed E-state index contributed by atoms with van der Waals surface area (Å²) in [4.78, 5) is 19.8. The fourth-order valence-electron chi connectivity index (χ4n) is 3.14. The number of imidazole rings is 1. The SMILES string of the molecule is [B]C1([B])C(C(F)(F)F)NC(=O)N1Cc1ccc2nc(CCOC(C)C(F)(F)F)[nH]c2c1. The van der Waals surface area contributed by atoms with Crippen molar-refractivity contribution in [3.05, 3.63) is 29.6 Å². The molecule has 0 aliphatic carbocycles. The first-order valence-corrected chi connectivity index (χ1v) is 9.08. The zero-order valence-corrected chi connectivity index (χ0v) is 16.1. The number of rotatable bonds is 6. The molecule has 1 aliphatic heterocycles. The number of nitrogens with one attached hydrogen (secondary N) is 2. The Hall–Kier alpha value is -2.37. The molecule has 2 unspecified atom stereocenters. The van der Waals surface area contributed by atoms with E-state index in [4.69, 9.17) is 20.4 Å². The van der Waals surface area contributed by atoms with E-state index in [1.807, 2.05) is 0 Å². The van der Waals surface area contributed by atoms with Gasteiger partial charge in [0.15, 0.2) is 6.10 Å². The monoisotopic (exact) mass is 444 g/mol. The molecule has 3 rings (SSSR count). The van der Waals surface area contributed by atoms with Crippen molar-refractivity contribution in [2.45, 2.75) is 49.7 Å². The standard InChI is InChI=1S/C17H16B2F6N4O2/c1-8(16(20,21)22)31-5-4-12-26-10-3-2-9(6-11(10)27-12)7-29-14(30)28-13(15(29,18)19)17(23,24)25/h2-3,6,8,13H,4-5,7H2,1H3,(H,26,27)(H,28,30). The Labute approximate surface area is 175 Å². The predicted octanol–water partition coefficient (Wildman–Crippen LogP) is 2.52. The first-order chi connectivity index (χ1) is 14.2. The van der Waals surface area contributed by atoms with Crippen LogP contribution in [0.1, 0.15) is 18.3 Å². The van der Waals surface area contributed by atoms with Gasteiger partial charge in [-0.05, 0) is 30.0 Å². The molecular weight excluding hydrogens is 428 g/mol. The van der Waals surface area contributed by atoms with Gasteiger partial charge in [-0.25, -0.2) is 9.78 Å². The van der Waals surface area contributed by atoms with Gasteiger partial charge in [-0.1, -0.05) is 6.07 Å². The van der Waals surface area contributed by atoms with Crippen LogP contribution in [0.4, 0.5) is 31.1 Å². The van der Waals surface area contributed by atoms with Gasteiger partial charge in [0, 0.05) is 13.0 Å². The Bertz CT molecular complexity index is 962. The van der Waals surface area contributed by atoms with Gasteiger partial charge in [-0.15, -0.1) is 0 Å². The van der Waals surface area contributed by atoms with Gasteiger partial charge in [0.2, 0.25) is 0 Å². The third kappa shape index (κ3) is 4.94. The number of nitrogens with zero attached hydrogens (tertiary/aromatic N) is 2. The van der Waals surface area contributed by atoms with E-state index in [9.17, 15) is 31.1 Å². The number of urea groups is 1. The van der Waals surface area contributed by atoms with Crippen LogP contribution in [0, 0.1) is 0 Å². The fraction of sp³-hybridized carbons (Fsp3) is 0.529. The molecule has 2 heterocycles. The second-order valence-electron chi connectivity index (χ2n) is 7.24. The summed E-state index contributed by atoms with van der Waals surface area (Å²) in [6.07, 6.45) is -11.1. The minimum Gasteiger partial charge on any atom is -0.369 e. The van der Waals surface area contributed by atoms with Crippen LogP contribution in [-0.2, 0) is 17.7 Å². The highest BCUT2D eigenvalue weighted by molar-refractivity contribution is 6.42. The number of halogens is 6. The maximum Gasteiger partial charge on any atom is 0.414 e. The van der Waals surface area contributed by atoms with Crippen LogP contribution in [0.5, 0.6) is 0 Å². The number of hydrogen-bond acceptors (Lipinski definition) is 3. The van der Waals surface area contributed by atoms with E-state index in [2.05, 4.69) is 9.97 Å². The number of H-pyrrole nitrogens is 1. The van der Waals surface area contributed by atoms with Gasteiger partial charge in [0.1, 0.15) is 11.9 Å². The molecule has 2 amide bonds. The maximum atomic E-state index is 13.1. The number of carbonyl (C=O) groups excluding carboxylic acids is 1. The minimum atomic E-state index is -4.83. The Morgan fingerprint density at radius 3 is 2.52 bits per heavy atom. The number of carbonyl (C=O) groups is 1. The molecule has 2 N–H and O–H groups in total. The molecule has 2 aromatic rings. The number of aromatic nitrogens is 2. The summed E-state index contributed by atoms with van der Waals surface area (Å²) in [6.45, 7) is 0.378. The molecular formula is C17H16B2F6N4O2. The lowest BCUT2D eigenvalue weighted by Gasteiger charge is -2.36. The molecule has 1 saturated heterocycles. The third-order valence-electron chi connectivity index (χ3n) is 4.87. The summed E-state index contributed by atoms with van der Waals surface area (Å²) in [5.41, 5.74) is 1.37. The van der Waals surface area contributed by atoms with Gasteiger partial charge >= 0.3 is 18.4 Å². The Morgan fingerprint density at radius 1 is 1.26 bits per heavy atom. The highest BCUT2D eigenvalue weighted by atomic mass is 19.4. The van der Waals surface area contributed by atoms with Crippen molar-refractivity contribution in [2.75, 3.05) is 6.61 Å². The van der Waals surface area contributed by atoms with Crippen LogP contribution in [-0.4, -0.2) is 73.0 Å². The molecule has 1 aliphatic rings. The summed E-state index contributed by atoms with van der Waals surface area (Å²) < 4.78 is 81.4. The topological polar surface area (TPSA) is 70.2 Å². The third-order valence-corrected chi connectivity index (χ3v) is 4.87. The van der Waals surface area contributed by atoms with Crippen molar-refractivity contribution in [1.82, 2.24) is 20.2 Å². The van der Waals surface area contributed by atoms with E-state index >= 15 is 0 Å². The summed E-state index contributed by atoms with van der Waals surface area (Å²) in [6, 6.07) is 1.12. The van der Waals surface area contributed by atoms with Crippen molar-refractivity contribution in [2.24, 2.45) is 0 Å². The number of amides is 2. The lowest BCUT2D eigenvalue weighted by Crippen LogP contribution is -2.58. The van der Waals surface area contributed by atoms with Gasteiger partial charge in [-0.2, -0.15) is 26.3 Å². The van der Waals surface area contributed by atoms with E-state index in [0.717, 1.165) is 6.92 Å². The van der Waals surface area contributed by atoms with Crippen LogP contribution in [0.25, 0.3) is 11.0 Å². The van der Waals surface area contributed by atoms with Crippen LogP contribution in [0.2, 0.25) is 0 Å². The van der Waals surface area contributed by atoms with Crippen LogP contribution in [0.3, 0.4) is 0 Å². The van der Waals surface area contributed by atoms with E-state index < -0.39 is 35.9 Å². The van der Waals surface area contributed by atoms with Gasteiger partial charge in [0.05, 0.1) is 33.3 Å². The molecule has 0 saturated carbocycles. The smallest absolute Gasteiger partial charge is 0.369 e. The number of aromatic amines is 1. The Kier molecular flexibility index (Phi) is 5.98. The predicted molar refractivity (Wildman–Crippen MR) is 99.4 cm³/mol. The van der Waals surface area contributed by atoms with Crippen LogP contribution >= 0.6 is 0 Å².